The van der Waals surface area contributed by atoms with Crippen molar-refractivity contribution in [3.05, 3.63) is 29.4 Å². The Morgan fingerprint density at radius 1 is 1.33 bits per heavy atom. The Labute approximate surface area is 99.4 Å². The van der Waals surface area contributed by atoms with Gasteiger partial charge in [0.25, 0.3) is 0 Å². The first-order valence-corrected chi connectivity index (χ1v) is 5.05. The molecule has 0 radical (unpaired) electrons. The van der Waals surface area contributed by atoms with Crippen LogP contribution in [0.4, 0.5) is 17.6 Å². The van der Waals surface area contributed by atoms with Crippen LogP contribution in [-0.4, -0.2) is 17.8 Å². The third-order valence-corrected chi connectivity index (χ3v) is 2.20. The zero-order valence-corrected chi connectivity index (χ0v) is 9.34. The van der Waals surface area contributed by atoms with Crippen LogP contribution in [-0.2, 0) is 11.3 Å². The van der Waals surface area contributed by atoms with E-state index in [1.807, 2.05) is 0 Å². The van der Waals surface area contributed by atoms with Gasteiger partial charge in [0.2, 0.25) is 5.89 Å². The summed E-state index contributed by atoms with van der Waals surface area (Å²) in [5.74, 6) is -0.460. The van der Waals surface area contributed by atoms with E-state index in [0.717, 1.165) is 0 Å². The topological polar surface area (TPSA) is 35.3 Å². The standard InChI is InChI=1S/C11H9F4NO2/c1-6-2-9-8(3-7(6)12)16-10(18-9)4-17-5-11(13,14)15/h2-3H,4-5H2,1H3. The van der Waals surface area contributed by atoms with Crippen LogP contribution in [0, 0.1) is 12.7 Å². The summed E-state index contributed by atoms with van der Waals surface area (Å²) in [5, 5.41) is 0. The van der Waals surface area contributed by atoms with Gasteiger partial charge in [-0.05, 0) is 18.6 Å². The molecule has 98 valence electrons. The molecule has 0 aliphatic heterocycles. The van der Waals surface area contributed by atoms with Crippen molar-refractivity contribution in [1.82, 2.24) is 4.98 Å². The van der Waals surface area contributed by atoms with Crippen molar-refractivity contribution >= 4 is 11.1 Å². The number of aryl methyl sites for hydroxylation is 1. The Morgan fingerprint density at radius 3 is 2.72 bits per heavy atom. The monoisotopic (exact) mass is 263 g/mol. The molecule has 0 bridgehead atoms. The summed E-state index contributed by atoms with van der Waals surface area (Å²) >= 11 is 0. The molecule has 0 amide bonds. The highest BCUT2D eigenvalue weighted by Crippen LogP contribution is 2.21. The normalized spacial score (nSPS) is 12.3. The Morgan fingerprint density at radius 2 is 2.06 bits per heavy atom. The van der Waals surface area contributed by atoms with Gasteiger partial charge in [0.05, 0.1) is 0 Å². The van der Waals surface area contributed by atoms with Gasteiger partial charge in [0.15, 0.2) is 5.58 Å². The van der Waals surface area contributed by atoms with Crippen LogP contribution in [0.1, 0.15) is 11.5 Å². The average Bonchev–Trinajstić information content (AvgIpc) is 2.58. The molecule has 0 N–H and O–H groups in total. The van der Waals surface area contributed by atoms with Gasteiger partial charge < -0.3 is 9.15 Å². The van der Waals surface area contributed by atoms with E-state index in [0.29, 0.717) is 11.1 Å². The van der Waals surface area contributed by atoms with Crippen LogP contribution in [0.15, 0.2) is 16.5 Å². The van der Waals surface area contributed by atoms with E-state index in [2.05, 4.69) is 9.72 Å². The second-order valence-corrected chi connectivity index (χ2v) is 3.78. The molecule has 0 unspecified atom stereocenters. The van der Waals surface area contributed by atoms with Crippen molar-refractivity contribution in [2.24, 2.45) is 0 Å². The minimum atomic E-state index is -4.39. The molecule has 0 aliphatic carbocycles. The predicted octanol–water partition coefficient (Wildman–Crippen LogP) is 3.35. The number of benzene rings is 1. The number of aromatic nitrogens is 1. The maximum Gasteiger partial charge on any atom is 0.411 e. The van der Waals surface area contributed by atoms with Gasteiger partial charge in [0, 0.05) is 6.07 Å². The van der Waals surface area contributed by atoms with E-state index in [-0.39, 0.29) is 11.4 Å². The Balaban J connectivity index is 2.11. The number of hydrogen-bond donors (Lipinski definition) is 0. The van der Waals surface area contributed by atoms with Crippen molar-refractivity contribution in [3.63, 3.8) is 0 Å². The van der Waals surface area contributed by atoms with Crippen LogP contribution in [0.3, 0.4) is 0 Å². The molecule has 0 aliphatic rings. The first-order chi connectivity index (χ1) is 8.35. The van der Waals surface area contributed by atoms with Gasteiger partial charge in [-0.1, -0.05) is 0 Å². The number of halogens is 4. The number of oxazole rings is 1. The quantitative estimate of drug-likeness (QED) is 0.796. The summed E-state index contributed by atoms with van der Waals surface area (Å²) < 4.78 is 58.3. The Hall–Kier alpha value is -1.63. The minimum Gasteiger partial charge on any atom is -0.438 e. The lowest BCUT2D eigenvalue weighted by Gasteiger charge is -2.04. The fourth-order valence-electron chi connectivity index (χ4n) is 1.41. The van der Waals surface area contributed by atoms with E-state index >= 15 is 0 Å². The number of nitrogens with zero attached hydrogens (tertiary/aromatic N) is 1. The summed E-state index contributed by atoms with van der Waals surface area (Å²) in [6, 6.07) is 2.60. The first-order valence-electron chi connectivity index (χ1n) is 5.05. The lowest BCUT2D eigenvalue weighted by molar-refractivity contribution is -0.177. The van der Waals surface area contributed by atoms with Gasteiger partial charge >= 0.3 is 6.18 Å². The van der Waals surface area contributed by atoms with Gasteiger partial charge in [-0.15, -0.1) is 0 Å². The molecule has 0 spiro atoms. The largest absolute Gasteiger partial charge is 0.438 e. The molecule has 0 fully saturated rings. The highest BCUT2D eigenvalue weighted by molar-refractivity contribution is 5.73. The van der Waals surface area contributed by atoms with Gasteiger partial charge in [0.1, 0.15) is 24.5 Å². The molecule has 1 aromatic carbocycles. The fourth-order valence-corrected chi connectivity index (χ4v) is 1.41. The molecule has 2 rings (SSSR count). The first kappa shape index (κ1) is 12.8. The molecule has 2 aromatic rings. The van der Waals surface area contributed by atoms with Gasteiger partial charge in [-0.2, -0.15) is 13.2 Å². The third-order valence-electron chi connectivity index (χ3n) is 2.20. The molecule has 0 atom stereocenters. The number of rotatable bonds is 3. The van der Waals surface area contributed by atoms with Crippen molar-refractivity contribution in [3.8, 4) is 0 Å². The molecule has 0 saturated heterocycles. The maximum atomic E-state index is 13.2. The molecule has 1 aromatic heterocycles. The van der Waals surface area contributed by atoms with Crippen molar-refractivity contribution < 1.29 is 26.7 Å². The summed E-state index contributed by atoms with van der Waals surface area (Å²) in [7, 11) is 0. The zero-order chi connectivity index (χ0) is 13.3. The molecule has 7 heteroatoms. The average molecular weight is 263 g/mol. The highest BCUT2D eigenvalue weighted by atomic mass is 19.4. The van der Waals surface area contributed by atoms with Crippen LogP contribution < -0.4 is 0 Å². The van der Waals surface area contributed by atoms with E-state index in [1.54, 1.807) is 6.92 Å². The van der Waals surface area contributed by atoms with E-state index in [4.69, 9.17) is 4.42 Å². The molecule has 3 nitrogen and oxygen atoms in total. The SMILES string of the molecule is Cc1cc2oc(COCC(F)(F)F)nc2cc1F. The summed E-state index contributed by atoms with van der Waals surface area (Å²) in [4.78, 5) is 3.84. The van der Waals surface area contributed by atoms with E-state index < -0.39 is 25.2 Å². The number of hydrogen-bond acceptors (Lipinski definition) is 3. The molecular formula is C11H9F4NO2. The van der Waals surface area contributed by atoms with Crippen LogP contribution >= 0.6 is 0 Å². The van der Waals surface area contributed by atoms with Crippen molar-refractivity contribution in [1.29, 1.82) is 0 Å². The molecule has 0 saturated carbocycles. The van der Waals surface area contributed by atoms with Crippen LogP contribution in [0.25, 0.3) is 11.1 Å². The number of fused-ring (bicyclic) bond motifs is 1. The third kappa shape index (κ3) is 2.98. The molecule has 1 heterocycles. The number of alkyl halides is 3. The summed E-state index contributed by atoms with van der Waals surface area (Å²) in [6.07, 6.45) is -4.39. The number of ether oxygens (including phenoxy) is 1. The van der Waals surface area contributed by atoms with Crippen LogP contribution in [0.2, 0.25) is 0 Å². The Kier molecular flexibility index (Phi) is 3.25. The molecular weight excluding hydrogens is 254 g/mol. The lowest BCUT2D eigenvalue weighted by atomic mass is 10.2. The Bertz CT molecular complexity index is 523. The van der Waals surface area contributed by atoms with E-state index in [9.17, 15) is 17.6 Å². The highest BCUT2D eigenvalue weighted by Gasteiger charge is 2.27. The van der Waals surface area contributed by atoms with Crippen molar-refractivity contribution in [2.45, 2.75) is 19.7 Å². The lowest BCUT2D eigenvalue weighted by Crippen LogP contribution is -2.16. The van der Waals surface area contributed by atoms with Crippen LogP contribution in [0.5, 0.6) is 0 Å². The summed E-state index contributed by atoms with van der Waals surface area (Å²) in [5.41, 5.74) is 0.949. The van der Waals surface area contributed by atoms with Gasteiger partial charge in [-0.25, -0.2) is 9.37 Å². The van der Waals surface area contributed by atoms with Crippen molar-refractivity contribution in [2.75, 3.05) is 6.61 Å². The smallest absolute Gasteiger partial charge is 0.411 e. The fraction of sp³-hybridized carbons (Fsp3) is 0.364. The van der Waals surface area contributed by atoms with E-state index in [1.165, 1.54) is 12.1 Å². The maximum absolute atomic E-state index is 13.2. The minimum absolute atomic E-state index is 0.0146. The summed E-state index contributed by atoms with van der Waals surface area (Å²) in [6.45, 7) is -0.231. The second-order valence-electron chi connectivity index (χ2n) is 3.78. The molecule has 18 heavy (non-hydrogen) atoms. The zero-order valence-electron chi connectivity index (χ0n) is 9.34. The predicted molar refractivity (Wildman–Crippen MR) is 54.4 cm³/mol. The van der Waals surface area contributed by atoms with Gasteiger partial charge in [-0.3, -0.25) is 0 Å². The second kappa shape index (κ2) is 4.56.